The molecule has 0 bridgehead atoms. The monoisotopic (exact) mass is 482 g/mol. The van der Waals surface area contributed by atoms with Crippen molar-refractivity contribution in [3.63, 3.8) is 0 Å². The quantitative estimate of drug-likeness (QED) is 0.476. The van der Waals surface area contributed by atoms with Crippen LogP contribution >= 0.6 is 0 Å². The number of ether oxygens (including phenoxy) is 3. The Morgan fingerprint density at radius 2 is 2.00 bits per heavy atom. The van der Waals surface area contributed by atoms with Crippen LogP contribution in [0.1, 0.15) is 40.8 Å². The Hall–Kier alpha value is -3.44. The highest BCUT2D eigenvalue weighted by Crippen LogP contribution is 2.40. The average Bonchev–Trinajstić information content (AvgIpc) is 3.68. The van der Waals surface area contributed by atoms with E-state index in [2.05, 4.69) is 20.4 Å². The molecular formula is C24H30N6O5. The number of carbonyl (C=O) groups excluding carboxylic acids is 1. The maximum atomic E-state index is 12.8. The summed E-state index contributed by atoms with van der Waals surface area (Å²) in [6.07, 6.45) is 3.64. The molecule has 3 aromatic rings. The summed E-state index contributed by atoms with van der Waals surface area (Å²) >= 11 is 0. The molecule has 2 fully saturated rings. The van der Waals surface area contributed by atoms with Gasteiger partial charge in [0, 0.05) is 38.3 Å². The summed E-state index contributed by atoms with van der Waals surface area (Å²) in [6, 6.07) is 8.94. The molecule has 0 spiro atoms. The second kappa shape index (κ2) is 10.4. The predicted octanol–water partition coefficient (Wildman–Crippen LogP) is 2.01. The Labute approximate surface area is 203 Å². The molecule has 11 nitrogen and oxygen atoms in total. The molecule has 0 N–H and O–H groups in total. The van der Waals surface area contributed by atoms with Crippen LogP contribution < -0.4 is 9.47 Å². The van der Waals surface area contributed by atoms with Gasteiger partial charge in [-0.1, -0.05) is 12.1 Å². The van der Waals surface area contributed by atoms with Crippen molar-refractivity contribution in [1.29, 1.82) is 0 Å². The molecule has 2 aromatic heterocycles. The van der Waals surface area contributed by atoms with Gasteiger partial charge in [-0.3, -0.25) is 9.69 Å². The second-order valence-corrected chi connectivity index (χ2v) is 8.64. The van der Waals surface area contributed by atoms with E-state index in [9.17, 15) is 4.79 Å². The first-order chi connectivity index (χ1) is 17.2. The molecule has 186 valence electrons. The van der Waals surface area contributed by atoms with Gasteiger partial charge in [-0.05, 0) is 41.5 Å². The van der Waals surface area contributed by atoms with Crippen molar-refractivity contribution in [3.05, 3.63) is 53.7 Å². The third-order valence-corrected chi connectivity index (χ3v) is 6.63. The van der Waals surface area contributed by atoms with Gasteiger partial charge in [0.1, 0.15) is 6.04 Å². The molecule has 0 aliphatic carbocycles. The molecule has 4 heterocycles. The number of piperazine rings is 1. The predicted molar refractivity (Wildman–Crippen MR) is 124 cm³/mol. The van der Waals surface area contributed by atoms with Gasteiger partial charge in [0.2, 0.25) is 0 Å². The van der Waals surface area contributed by atoms with E-state index in [1.807, 2.05) is 27.8 Å². The third kappa shape index (κ3) is 4.73. The second-order valence-electron chi connectivity index (χ2n) is 8.64. The Balaban J connectivity index is 1.45. The van der Waals surface area contributed by atoms with Gasteiger partial charge in [-0.15, -0.1) is 5.10 Å². The minimum atomic E-state index is -0.294. The maximum Gasteiger partial charge on any atom is 0.289 e. The van der Waals surface area contributed by atoms with Crippen LogP contribution in [0.4, 0.5) is 0 Å². The first-order valence-corrected chi connectivity index (χ1v) is 11.8. The number of amides is 1. The van der Waals surface area contributed by atoms with Crippen LogP contribution in [0.3, 0.4) is 0 Å². The van der Waals surface area contributed by atoms with Crippen LogP contribution in [0.5, 0.6) is 11.5 Å². The highest BCUT2D eigenvalue weighted by Gasteiger charge is 2.35. The Morgan fingerprint density at radius 1 is 1.14 bits per heavy atom. The summed E-state index contributed by atoms with van der Waals surface area (Å²) in [5, 5.41) is 12.8. The Kier molecular flexibility index (Phi) is 6.96. The first-order valence-electron chi connectivity index (χ1n) is 11.8. The summed E-state index contributed by atoms with van der Waals surface area (Å²) < 4.78 is 24.3. The lowest BCUT2D eigenvalue weighted by Crippen LogP contribution is -2.50. The lowest BCUT2D eigenvalue weighted by atomic mass is 10.0. The standard InChI is InChI=1S/C24H30N6O5/c1-32-19-8-3-7-18(22(19)33-2)21(23-25-26-27-30(23)16-17-6-4-14-34-17)28-10-12-29(13-11-28)24(31)20-9-5-15-35-20/h3,5,7-9,15,17,21H,4,6,10-14,16H2,1-2H3/t17-,21+/m1/s1. The molecule has 2 aliphatic rings. The summed E-state index contributed by atoms with van der Waals surface area (Å²) in [6.45, 7) is 3.71. The molecule has 35 heavy (non-hydrogen) atoms. The van der Waals surface area contributed by atoms with Crippen molar-refractivity contribution in [2.24, 2.45) is 0 Å². The topological polar surface area (TPSA) is 108 Å². The van der Waals surface area contributed by atoms with Gasteiger partial charge < -0.3 is 23.5 Å². The number of para-hydroxylation sites is 1. The number of hydrogen-bond donors (Lipinski definition) is 0. The van der Waals surface area contributed by atoms with E-state index in [4.69, 9.17) is 18.6 Å². The van der Waals surface area contributed by atoms with E-state index >= 15 is 0 Å². The van der Waals surface area contributed by atoms with Crippen LogP contribution in [-0.4, -0.2) is 89.0 Å². The SMILES string of the molecule is COc1cccc([C@@H](c2nnnn2C[C@H]2CCCO2)N2CCN(C(=O)c3ccco3)CC2)c1OC. The largest absolute Gasteiger partial charge is 0.493 e. The summed E-state index contributed by atoms with van der Waals surface area (Å²) in [4.78, 5) is 16.9. The van der Waals surface area contributed by atoms with Crippen LogP contribution in [0.25, 0.3) is 0 Å². The van der Waals surface area contributed by atoms with Gasteiger partial charge in [-0.25, -0.2) is 4.68 Å². The van der Waals surface area contributed by atoms with E-state index in [-0.39, 0.29) is 18.1 Å². The molecule has 1 aromatic carbocycles. The van der Waals surface area contributed by atoms with E-state index in [0.29, 0.717) is 55.8 Å². The van der Waals surface area contributed by atoms with Crippen molar-refractivity contribution in [2.75, 3.05) is 47.0 Å². The number of carbonyl (C=O) groups is 1. The number of nitrogens with zero attached hydrogens (tertiary/aromatic N) is 6. The fraction of sp³-hybridized carbons (Fsp3) is 0.500. The number of tetrazole rings is 1. The van der Waals surface area contributed by atoms with E-state index < -0.39 is 0 Å². The van der Waals surface area contributed by atoms with Crippen molar-refractivity contribution >= 4 is 5.91 Å². The van der Waals surface area contributed by atoms with Gasteiger partial charge in [-0.2, -0.15) is 0 Å². The molecule has 0 radical (unpaired) electrons. The van der Waals surface area contributed by atoms with Crippen molar-refractivity contribution in [3.8, 4) is 11.5 Å². The van der Waals surface area contributed by atoms with Crippen LogP contribution in [0.2, 0.25) is 0 Å². The number of rotatable bonds is 8. The molecule has 0 unspecified atom stereocenters. The van der Waals surface area contributed by atoms with E-state index in [1.54, 1.807) is 26.4 Å². The zero-order valence-corrected chi connectivity index (χ0v) is 20.0. The van der Waals surface area contributed by atoms with E-state index in [1.165, 1.54) is 6.26 Å². The molecule has 2 aliphatic heterocycles. The van der Waals surface area contributed by atoms with Crippen LogP contribution in [0.15, 0.2) is 41.0 Å². The van der Waals surface area contributed by atoms with Crippen molar-refractivity contribution in [1.82, 2.24) is 30.0 Å². The molecule has 5 rings (SSSR count). The number of methoxy groups -OCH3 is 2. The van der Waals surface area contributed by atoms with Crippen LogP contribution in [0, 0.1) is 0 Å². The minimum Gasteiger partial charge on any atom is -0.493 e. The van der Waals surface area contributed by atoms with Gasteiger partial charge in [0.15, 0.2) is 23.1 Å². The maximum absolute atomic E-state index is 12.8. The Bertz CT molecular complexity index is 1120. The summed E-state index contributed by atoms with van der Waals surface area (Å²) in [5.74, 6) is 2.23. The molecule has 11 heteroatoms. The number of hydrogen-bond acceptors (Lipinski definition) is 9. The zero-order valence-electron chi connectivity index (χ0n) is 20.0. The summed E-state index contributed by atoms with van der Waals surface area (Å²) in [5.41, 5.74) is 0.904. The smallest absolute Gasteiger partial charge is 0.289 e. The summed E-state index contributed by atoms with van der Waals surface area (Å²) in [7, 11) is 3.25. The minimum absolute atomic E-state index is 0.0906. The molecular weight excluding hydrogens is 452 g/mol. The Morgan fingerprint density at radius 3 is 2.69 bits per heavy atom. The van der Waals surface area contributed by atoms with Gasteiger partial charge in [0.05, 0.1) is 33.1 Å². The van der Waals surface area contributed by atoms with E-state index in [0.717, 1.165) is 25.0 Å². The van der Waals surface area contributed by atoms with Crippen molar-refractivity contribution in [2.45, 2.75) is 31.5 Å². The number of benzene rings is 1. The first kappa shape index (κ1) is 23.3. The zero-order chi connectivity index (χ0) is 24.2. The normalized spacial score (nSPS) is 19.6. The lowest BCUT2D eigenvalue weighted by Gasteiger charge is -2.39. The van der Waals surface area contributed by atoms with Crippen molar-refractivity contribution < 1.29 is 23.4 Å². The highest BCUT2D eigenvalue weighted by molar-refractivity contribution is 5.91. The molecule has 0 saturated carbocycles. The molecule has 2 atom stereocenters. The van der Waals surface area contributed by atoms with Gasteiger partial charge in [0.25, 0.3) is 5.91 Å². The third-order valence-electron chi connectivity index (χ3n) is 6.63. The number of furan rings is 1. The highest BCUT2D eigenvalue weighted by atomic mass is 16.5. The molecule has 2 saturated heterocycles. The molecule has 1 amide bonds. The number of aromatic nitrogens is 4. The lowest BCUT2D eigenvalue weighted by molar-refractivity contribution is 0.0549. The van der Waals surface area contributed by atoms with Crippen LogP contribution in [-0.2, 0) is 11.3 Å². The average molecular weight is 483 g/mol. The fourth-order valence-electron chi connectivity index (χ4n) is 4.88. The fourth-order valence-corrected chi connectivity index (χ4v) is 4.88. The van der Waals surface area contributed by atoms with Gasteiger partial charge >= 0.3 is 0 Å².